The summed E-state index contributed by atoms with van der Waals surface area (Å²) in [5, 5.41) is 1.11. The highest BCUT2D eigenvalue weighted by atomic mass is 35.5. The first-order valence-corrected chi connectivity index (χ1v) is 8.76. The second-order valence-electron chi connectivity index (χ2n) is 6.77. The Morgan fingerprint density at radius 2 is 1.58 bits per heavy atom. The summed E-state index contributed by atoms with van der Waals surface area (Å²) < 4.78 is 5.31. The second-order valence-corrected chi connectivity index (χ2v) is 7.58. The fraction of sp³-hybridized carbons (Fsp3) is 0.350. The van der Waals surface area contributed by atoms with Crippen molar-refractivity contribution in [3.8, 4) is 11.1 Å². The molecule has 4 heteroatoms. The lowest BCUT2D eigenvalue weighted by Crippen LogP contribution is -2.23. The number of benzene rings is 2. The molecule has 0 saturated carbocycles. The molecule has 128 valence electrons. The Bertz CT molecular complexity index is 701. The smallest absolute Gasteiger partial charge is 0.306 e. The first-order valence-electron chi connectivity index (χ1n) is 8.01. The summed E-state index contributed by atoms with van der Waals surface area (Å²) in [6.45, 7) is 5.64. The average Bonchev–Trinajstić information content (AvgIpc) is 2.49. The molecule has 24 heavy (non-hydrogen) atoms. The lowest BCUT2D eigenvalue weighted by atomic mass is 10.0. The molecule has 2 rings (SSSR count). The van der Waals surface area contributed by atoms with E-state index in [9.17, 15) is 4.79 Å². The SMILES string of the molecule is CC(C)(C)OC(=O)CCCc1ccc(-c2ccc(Cl)c(Cl)c2)cc1. The van der Waals surface area contributed by atoms with Gasteiger partial charge in [0.1, 0.15) is 5.60 Å². The number of carbonyl (C=O) groups excluding carboxylic acids is 1. The minimum atomic E-state index is -0.418. The minimum absolute atomic E-state index is 0.144. The van der Waals surface area contributed by atoms with E-state index < -0.39 is 5.60 Å². The number of hydrogen-bond donors (Lipinski definition) is 0. The Kier molecular flexibility index (Phi) is 6.31. The molecule has 0 aliphatic rings. The van der Waals surface area contributed by atoms with Gasteiger partial charge in [-0.1, -0.05) is 53.5 Å². The Balaban J connectivity index is 1.90. The largest absolute Gasteiger partial charge is 0.460 e. The molecule has 0 atom stereocenters. The van der Waals surface area contributed by atoms with Crippen molar-refractivity contribution in [2.24, 2.45) is 0 Å². The third-order valence-electron chi connectivity index (χ3n) is 3.47. The summed E-state index contributed by atoms with van der Waals surface area (Å²) in [6.07, 6.45) is 2.06. The van der Waals surface area contributed by atoms with Gasteiger partial charge in [-0.2, -0.15) is 0 Å². The zero-order valence-corrected chi connectivity index (χ0v) is 15.7. The summed E-state index contributed by atoms with van der Waals surface area (Å²) in [5.74, 6) is -0.144. The maximum absolute atomic E-state index is 11.7. The molecular formula is C20H22Cl2O2. The summed E-state index contributed by atoms with van der Waals surface area (Å²) in [5.41, 5.74) is 2.90. The van der Waals surface area contributed by atoms with Gasteiger partial charge in [-0.25, -0.2) is 0 Å². The van der Waals surface area contributed by atoms with Crippen LogP contribution in [0.5, 0.6) is 0 Å². The number of ether oxygens (including phenoxy) is 1. The van der Waals surface area contributed by atoms with Crippen LogP contribution in [0.15, 0.2) is 42.5 Å². The highest BCUT2D eigenvalue weighted by molar-refractivity contribution is 6.42. The predicted octanol–water partition coefficient (Wildman–Crippen LogP) is 6.32. The molecule has 0 heterocycles. The van der Waals surface area contributed by atoms with E-state index in [0.29, 0.717) is 16.5 Å². The van der Waals surface area contributed by atoms with E-state index in [2.05, 4.69) is 24.3 Å². The van der Waals surface area contributed by atoms with Crippen LogP contribution < -0.4 is 0 Å². The van der Waals surface area contributed by atoms with Crippen LogP contribution in [0.2, 0.25) is 10.0 Å². The van der Waals surface area contributed by atoms with E-state index in [4.69, 9.17) is 27.9 Å². The fourth-order valence-corrected chi connectivity index (χ4v) is 2.67. The summed E-state index contributed by atoms with van der Waals surface area (Å²) in [6, 6.07) is 13.9. The Morgan fingerprint density at radius 1 is 0.958 bits per heavy atom. The van der Waals surface area contributed by atoms with Crippen LogP contribution in [-0.2, 0) is 16.0 Å². The zero-order chi connectivity index (χ0) is 17.7. The van der Waals surface area contributed by atoms with Gasteiger partial charge in [-0.15, -0.1) is 0 Å². The molecule has 0 aliphatic heterocycles. The fourth-order valence-electron chi connectivity index (χ4n) is 2.37. The van der Waals surface area contributed by atoms with Crippen molar-refractivity contribution in [3.63, 3.8) is 0 Å². The molecule has 0 amide bonds. The van der Waals surface area contributed by atoms with E-state index in [-0.39, 0.29) is 5.97 Å². The molecule has 2 nitrogen and oxygen atoms in total. The first-order chi connectivity index (χ1) is 11.2. The molecule has 0 unspecified atom stereocenters. The third kappa shape index (κ3) is 5.85. The van der Waals surface area contributed by atoms with Crippen molar-refractivity contribution in [2.75, 3.05) is 0 Å². The van der Waals surface area contributed by atoms with Gasteiger partial charge >= 0.3 is 5.97 Å². The summed E-state index contributed by atoms with van der Waals surface area (Å²) in [7, 11) is 0. The van der Waals surface area contributed by atoms with Gasteiger partial charge < -0.3 is 4.74 Å². The van der Waals surface area contributed by atoms with E-state index in [0.717, 1.165) is 24.0 Å². The predicted molar refractivity (Wildman–Crippen MR) is 101 cm³/mol. The molecule has 2 aromatic carbocycles. The molecule has 2 aromatic rings. The normalized spacial score (nSPS) is 11.4. The molecule has 0 fully saturated rings. The van der Waals surface area contributed by atoms with Crippen LogP contribution in [0.25, 0.3) is 11.1 Å². The molecule has 0 aromatic heterocycles. The number of hydrogen-bond acceptors (Lipinski definition) is 2. The quantitative estimate of drug-likeness (QED) is 0.579. The second kappa shape index (κ2) is 8.04. The van der Waals surface area contributed by atoms with Gasteiger partial charge in [0, 0.05) is 6.42 Å². The van der Waals surface area contributed by atoms with E-state index in [1.807, 2.05) is 32.9 Å². The molecule has 0 radical (unpaired) electrons. The number of rotatable bonds is 5. The standard InChI is InChI=1S/C20H22Cl2O2/c1-20(2,3)24-19(23)6-4-5-14-7-9-15(10-8-14)16-11-12-17(21)18(22)13-16/h7-13H,4-6H2,1-3H3. The maximum atomic E-state index is 11.7. The number of halogens is 2. The Hall–Kier alpha value is -1.51. The topological polar surface area (TPSA) is 26.3 Å². The first kappa shape index (κ1) is 18.8. The van der Waals surface area contributed by atoms with Gasteiger partial charge in [0.15, 0.2) is 0 Å². The molecule has 0 spiro atoms. The van der Waals surface area contributed by atoms with Gasteiger partial charge in [0.25, 0.3) is 0 Å². The van der Waals surface area contributed by atoms with E-state index >= 15 is 0 Å². The molecular weight excluding hydrogens is 343 g/mol. The summed E-state index contributed by atoms with van der Waals surface area (Å²) in [4.78, 5) is 11.7. The minimum Gasteiger partial charge on any atom is -0.460 e. The third-order valence-corrected chi connectivity index (χ3v) is 4.21. The van der Waals surface area contributed by atoms with Crippen molar-refractivity contribution in [1.82, 2.24) is 0 Å². The van der Waals surface area contributed by atoms with Crippen molar-refractivity contribution in [3.05, 3.63) is 58.1 Å². The van der Waals surface area contributed by atoms with Crippen molar-refractivity contribution in [1.29, 1.82) is 0 Å². The molecule has 0 aliphatic carbocycles. The van der Waals surface area contributed by atoms with Gasteiger partial charge in [-0.3, -0.25) is 4.79 Å². The van der Waals surface area contributed by atoms with E-state index in [1.165, 1.54) is 5.56 Å². The Labute approximate surface area is 153 Å². The monoisotopic (exact) mass is 364 g/mol. The number of esters is 1. The number of aryl methyl sites for hydroxylation is 1. The highest BCUT2D eigenvalue weighted by Crippen LogP contribution is 2.28. The van der Waals surface area contributed by atoms with Crippen LogP contribution in [0.1, 0.15) is 39.2 Å². The van der Waals surface area contributed by atoms with Crippen molar-refractivity contribution in [2.45, 2.75) is 45.6 Å². The van der Waals surface area contributed by atoms with Gasteiger partial charge in [0.05, 0.1) is 10.0 Å². The zero-order valence-electron chi connectivity index (χ0n) is 14.2. The van der Waals surface area contributed by atoms with Crippen LogP contribution in [0, 0.1) is 0 Å². The van der Waals surface area contributed by atoms with Gasteiger partial charge in [-0.05, 0) is 62.4 Å². The lowest BCUT2D eigenvalue weighted by molar-refractivity contribution is -0.154. The molecule has 0 bridgehead atoms. The van der Waals surface area contributed by atoms with E-state index in [1.54, 1.807) is 6.07 Å². The lowest BCUT2D eigenvalue weighted by Gasteiger charge is -2.19. The summed E-state index contributed by atoms with van der Waals surface area (Å²) >= 11 is 12.0. The van der Waals surface area contributed by atoms with Crippen LogP contribution >= 0.6 is 23.2 Å². The Morgan fingerprint density at radius 3 is 2.17 bits per heavy atom. The van der Waals surface area contributed by atoms with Crippen LogP contribution in [-0.4, -0.2) is 11.6 Å². The highest BCUT2D eigenvalue weighted by Gasteiger charge is 2.15. The van der Waals surface area contributed by atoms with Gasteiger partial charge in [0.2, 0.25) is 0 Å². The molecule has 0 N–H and O–H groups in total. The van der Waals surface area contributed by atoms with Crippen molar-refractivity contribution >= 4 is 29.2 Å². The van der Waals surface area contributed by atoms with Crippen LogP contribution in [0.3, 0.4) is 0 Å². The molecule has 0 saturated heterocycles. The van der Waals surface area contributed by atoms with Crippen molar-refractivity contribution < 1.29 is 9.53 Å². The number of carbonyl (C=O) groups is 1. The van der Waals surface area contributed by atoms with Crippen LogP contribution in [0.4, 0.5) is 0 Å². The average molecular weight is 365 g/mol. The maximum Gasteiger partial charge on any atom is 0.306 e.